The van der Waals surface area contributed by atoms with Crippen molar-refractivity contribution in [2.24, 2.45) is 0 Å². The lowest BCUT2D eigenvalue weighted by molar-refractivity contribution is 0.0733. The van der Waals surface area contributed by atoms with Crippen LogP contribution in [0.15, 0.2) is 36.5 Å². The molecule has 1 aliphatic rings. The van der Waals surface area contributed by atoms with E-state index in [9.17, 15) is 0 Å². The van der Waals surface area contributed by atoms with E-state index in [2.05, 4.69) is 62.6 Å². The van der Waals surface area contributed by atoms with Gasteiger partial charge in [-0.05, 0) is 73.8 Å². The minimum absolute atomic E-state index is 0.0516. The van der Waals surface area contributed by atoms with Crippen LogP contribution >= 0.6 is 35.0 Å². The third-order valence-corrected chi connectivity index (χ3v) is 13.1. The molecule has 3 aromatic rings. The summed E-state index contributed by atoms with van der Waals surface area (Å²) >= 11 is 14.9. The molecule has 0 radical (unpaired) electrons. The zero-order valence-corrected chi connectivity index (χ0v) is 25.9. The monoisotopic (exact) mass is 577 g/mol. The second kappa shape index (κ2) is 11.7. The molecule has 0 amide bonds. The van der Waals surface area contributed by atoms with E-state index in [1.165, 1.54) is 5.56 Å². The number of nitrogens with zero attached hydrogens (tertiary/aromatic N) is 2. The number of fused-ring (bicyclic) bond motifs is 1. The van der Waals surface area contributed by atoms with Gasteiger partial charge in [-0.1, -0.05) is 56.1 Å². The molecular weight excluding hydrogens is 541 g/mol. The van der Waals surface area contributed by atoms with Crippen LogP contribution in [0.5, 0.6) is 5.75 Å². The van der Waals surface area contributed by atoms with Gasteiger partial charge in [0.05, 0.1) is 16.1 Å². The normalized spacial score (nSPS) is 18.7. The fraction of sp³-hybridized carbons (Fsp3) is 0.500. The molecular formula is C28H37Cl2N3O2SSi. The minimum Gasteiger partial charge on any atom is -0.487 e. The number of benzene rings is 2. The molecule has 1 aliphatic carbocycles. The summed E-state index contributed by atoms with van der Waals surface area (Å²) in [5.41, 5.74) is 2.79. The van der Waals surface area contributed by atoms with Gasteiger partial charge in [0.15, 0.2) is 14.1 Å². The van der Waals surface area contributed by atoms with Crippen molar-refractivity contribution in [3.63, 3.8) is 0 Å². The summed E-state index contributed by atoms with van der Waals surface area (Å²) < 4.78 is 13.2. The summed E-state index contributed by atoms with van der Waals surface area (Å²) in [6.07, 6.45) is 7.95. The summed E-state index contributed by atoms with van der Waals surface area (Å²) in [5.74, 6) is 1.99. The number of thioether (sulfide) groups is 1. The number of hydrogen-bond donors (Lipinski definition) is 1. The van der Waals surface area contributed by atoms with E-state index in [-0.39, 0.29) is 17.2 Å². The lowest BCUT2D eigenvalue weighted by atomic mass is 9.95. The topological polar surface area (TPSA) is 56.3 Å². The van der Waals surface area contributed by atoms with Gasteiger partial charge in [0.25, 0.3) is 0 Å². The highest BCUT2D eigenvalue weighted by molar-refractivity contribution is 7.97. The van der Waals surface area contributed by atoms with Gasteiger partial charge >= 0.3 is 0 Å². The molecule has 5 nitrogen and oxygen atoms in total. The molecule has 9 heteroatoms. The van der Waals surface area contributed by atoms with E-state index in [1.54, 1.807) is 24.0 Å². The van der Waals surface area contributed by atoms with Crippen molar-refractivity contribution < 1.29 is 9.16 Å². The lowest BCUT2D eigenvalue weighted by Crippen LogP contribution is -2.45. The minimum atomic E-state index is -1.79. The maximum atomic E-state index is 6.66. The smallest absolute Gasteiger partial charge is 0.227 e. The van der Waals surface area contributed by atoms with Gasteiger partial charge in [-0.2, -0.15) is 11.8 Å². The van der Waals surface area contributed by atoms with Crippen LogP contribution in [-0.4, -0.2) is 36.7 Å². The van der Waals surface area contributed by atoms with Crippen molar-refractivity contribution in [1.82, 2.24) is 9.97 Å². The second-order valence-corrected chi connectivity index (χ2v) is 17.7. The number of rotatable bonds is 8. The third kappa shape index (κ3) is 6.93. The van der Waals surface area contributed by atoms with Crippen LogP contribution in [0, 0.1) is 0 Å². The molecule has 1 aromatic heterocycles. The summed E-state index contributed by atoms with van der Waals surface area (Å²) in [7, 11) is -1.79. The van der Waals surface area contributed by atoms with E-state index in [4.69, 9.17) is 37.3 Å². The molecule has 0 bridgehead atoms. The van der Waals surface area contributed by atoms with Crippen LogP contribution in [0.3, 0.4) is 0 Å². The molecule has 1 saturated carbocycles. The molecule has 37 heavy (non-hydrogen) atoms. The number of ether oxygens (including phenoxy) is 1. The number of aromatic nitrogens is 2. The van der Waals surface area contributed by atoms with Gasteiger partial charge < -0.3 is 14.5 Å². The van der Waals surface area contributed by atoms with Crippen LogP contribution in [-0.2, 0) is 10.2 Å². The van der Waals surface area contributed by atoms with E-state index >= 15 is 0 Å². The number of anilines is 2. The molecule has 0 spiro atoms. The Labute approximate surface area is 236 Å². The van der Waals surface area contributed by atoms with Crippen molar-refractivity contribution in [1.29, 1.82) is 0 Å². The molecule has 1 fully saturated rings. The van der Waals surface area contributed by atoms with Crippen molar-refractivity contribution >= 4 is 65.8 Å². The first-order chi connectivity index (χ1) is 17.5. The summed E-state index contributed by atoms with van der Waals surface area (Å²) in [5, 5.41) is 5.21. The number of halogens is 2. The predicted octanol–water partition coefficient (Wildman–Crippen LogP) is 9.25. The van der Waals surface area contributed by atoms with Crippen LogP contribution in [0.4, 0.5) is 11.6 Å². The Kier molecular flexibility index (Phi) is 9.01. The van der Waals surface area contributed by atoms with E-state index in [0.29, 0.717) is 27.3 Å². The number of nitrogens with one attached hydrogen (secondary N) is 1. The fourth-order valence-electron chi connectivity index (χ4n) is 4.33. The van der Waals surface area contributed by atoms with Crippen molar-refractivity contribution in [3.05, 3.63) is 52.1 Å². The molecule has 200 valence electrons. The second-order valence-electron chi connectivity index (χ2n) is 11.3. The Morgan fingerprint density at radius 1 is 1.05 bits per heavy atom. The Hall–Kier alpha value is -1.51. The standard InChI is InChI=1S/C28H37Cl2N3O2SSi/c1-28(2,3)37(5,6)35-21-12-10-20(11-13-21)34-26-24(30)15-23(29)22-16-31-27(33-25(22)26)32-19-9-7-8-18(14-19)17-36-4/h7-9,14-16,20-21H,10-13,17H2,1-6H3,(H,31,32,33). The first-order valence-electron chi connectivity index (χ1n) is 12.8. The van der Waals surface area contributed by atoms with Crippen molar-refractivity contribution in [3.8, 4) is 5.75 Å². The average molecular weight is 579 g/mol. The molecule has 0 unspecified atom stereocenters. The van der Waals surface area contributed by atoms with Crippen LogP contribution in [0.2, 0.25) is 28.2 Å². The van der Waals surface area contributed by atoms with Gasteiger partial charge in [0, 0.05) is 29.1 Å². The van der Waals surface area contributed by atoms with Crippen molar-refractivity contribution in [2.75, 3.05) is 11.6 Å². The predicted molar refractivity (Wildman–Crippen MR) is 161 cm³/mol. The van der Waals surface area contributed by atoms with Crippen LogP contribution < -0.4 is 10.1 Å². The number of hydrogen-bond acceptors (Lipinski definition) is 6. The average Bonchev–Trinajstić information content (AvgIpc) is 2.82. The zero-order chi connectivity index (χ0) is 26.8. The Morgan fingerprint density at radius 3 is 2.43 bits per heavy atom. The molecule has 1 N–H and O–H groups in total. The highest BCUT2D eigenvalue weighted by Crippen LogP contribution is 2.41. The first-order valence-corrected chi connectivity index (χ1v) is 17.9. The van der Waals surface area contributed by atoms with Gasteiger partial charge in [0.1, 0.15) is 5.52 Å². The molecule has 4 rings (SSSR count). The maximum absolute atomic E-state index is 6.66. The zero-order valence-electron chi connectivity index (χ0n) is 22.5. The fourth-order valence-corrected chi connectivity index (χ4v) is 6.81. The quantitative estimate of drug-likeness (QED) is 0.269. The van der Waals surface area contributed by atoms with Gasteiger partial charge in [0.2, 0.25) is 5.95 Å². The SMILES string of the molecule is CSCc1cccc(Nc2ncc3c(Cl)cc(Cl)c(OC4CCC(O[Si](C)(C)C(C)(C)C)CC4)c3n2)c1. The molecule has 0 aliphatic heterocycles. The highest BCUT2D eigenvalue weighted by atomic mass is 35.5. The molecule has 0 saturated heterocycles. The van der Waals surface area contributed by atoms with E-state index in [0.717, 1.165) is 42.5 Å². The van der Waals surface area contributed by atoms with E-state index < -0.39 is 8.32 Å². The third-order valence-electron chi connectivity index (χ3n) is 7.40. The maximum Gasteiger partial charge on any atom is 0.227 e. The van der Waals surface area contributed by atoms with Gasteiger partial charge in [-0.3, -0.25) is 0 Å². The Balaban J connectivity index is 1.51. The lowest BCUT2D eigenvalue weighted by Gasteiger charge is -2.41. The largest absolute Gasteiger partial charge is 0.487 e. The summed E-state index contributed by atoms with van der Waals surface area (Å²) in [6.45, 7) is 11.5. The van der Waals surface area contributed by atoms with E-state index in [1.807, 2.05) is 12.1 Å². The molecule has 2 aromatic carbocycles. The van der Waals surface area contributed by atoms with Gasteiger partial charge in [-0.25, -0.2) is 9.97 Å². The Bertz CT molecular complexity index is 1240. The van der Waals surface area contributed by atoms with Crippen LogP contribution in [0.25, 0.3) is 10.9 Å². The van der Waals surface area contributed by atoms with Crippen LogP contribution in [0.1, 0.15) is 52.0 Å². The van der Waals surface area contributed by atoms with Gasteiger partial charge in [-0.15, -0.1) is 0 Å². The summed E-state index contributed by atoms with van der Waals surface area (Å²) in [6, 6.07) is 9.97. The Morgan fingerprint density at radius 2 is 1.76 bits per heavy atom. The van der Waals surface area contributed by atoms with Crippen molar-refractivity contribution in [2.45, 2.75) is 82.5 Å². The first kappa shape index (κ1) is 28.5. The highest BCUT2D eigenvalue weighted by Gasteiger charge is 2.40. The molecule has 1 heterocycles. The molecule has 0 atom stereocenters. The summed E-state index contributed by atoms with van der Waals surface area (Å²) in [4.78, 5) is 9.28.